The molecule has 1 aliphatic rings. The summed E-state index contributed by atoms with van der Waals surface area (Å²) in [6.45, 7) is 2.47. The second-order valence-corrected chi connectivity index (χ2v) is 7.16. The molecule has 0 radical (unpaired) electrons. The van der Waals surface area contributed by atoms with E-state index in [4.69, 9.17) is 27.9 Å². The zero-order valence-corrected chi connectivity index (χ0v) is 16.9. The zero-order chi connectivity index (χ0) is 20.1. The molecule has 0 aromatic heterocycles. The van der Waals surface area contributed by atoms with Gasteiger partial charge in [0, 0.05) is 41.9 Å². The lowest BCUT2D eigenvalue weighted by molar-refractivity contribution is -0.126. The molecule has 5 nitrogen and oxygen atoms in total. The molecule has 0 bridgehead atoms. The number of benzene rings is 2. The van der Waals surface area contributed by atoms with Crippen LogP contribution >= 0.6 is 23.2 Å². The minimum absolute atomic E-state index is 0.0575. The average molecular weight is 416 g/mol. The van der Waals surface area contributed by atoms with Gasteiger partial charge in [0.05, 0.1) is 7.11 Å². The molecule has 3 rings (SSSR count). The summed E-state index contributed by atoms with van der Waals surface area (Å²) >= 11 is 12.0. The number of nitriles is 1. The first-order valence-corrected chi connectivity index (χ1v) is 9.52. The number of anilines is 1. The van der Waals surface area contributed by atoms with E-state index in [0.717, 1.165) is 11.4 Å². The number of hydrogen-bond donors (Lipinski definition) is 0. The van der Waals surface area contributed by atoms with E-state index in [1.165, 1.54) is 6.08 Å². The van der Waals surface area contributed by atoms with Crippen molar-refractivity contribution in [2.45, 2.75) is 0 Å². The number of ether oxygens (including phenoxy) is 1. The van der Waals surface area contributed by atoms with Crippen LogP contribution in [0.15, 0.2) is 48.0 Å². The standard InChI is InChI=1S/C21H19Cl2N3O2/c1-28-19-6-4-18(5-7-19)25-8-10-26(11-9-25)21(27)16(14-24)12-15-2-3-17(22)13-20(15)23/h2-7,12-13H,8-11H2,1H3/b16-12+. The van der Waals surface area contributed by atoms with E-state index in [9.17, 15) is 10.1 Å². The summed E-state index contributed by atoms with van der Waals surface area (Å²) in [5.74, 6) is 0.519. The second kappa shape index (κ2) is 9.01. The minimum atomic E-state index is -0.289. The van der Waals surface area contributed by atoms with Crippen molar-refractivity contribution in [2.24, 2.45) is 0 Å². The quantitative estimate of drug-likeness (QED) is 0.552. The number of methoxy groups -OCH3 is 1. The van der Waals surface area contributed by atoms with Gasteiger partial charge in [-0.1, -0.05) is 29.3 Å². The van der Waals surface area contributed by atoms with Crippen molar-refractivity contribution in [1.82, 2.24) is 4.90 Å². The molecule has 2 aromatic carbocycles. The maximum absolute atomic E-state index is 12.8. The molecule has 0 aliphatic carbocycles. The predicted molar refractivity (Wildman–Crippen MR) is 112 cm³/mol. The molecule has 0 unspecified atom stereocenters. The van der Waals surface area contributed by atoms with Crippen LogP contribution in [0.25, 0.3) is 6.08 Å². The van der Waals surface area contributed by atoms with Crippen LogP contribution in [-0.2, 0) is 4.79 Å². The van der Waals surface area contributed by atoms with Crippen molar-refractivity contribution in [3.63, 3.8) is 0 Å². The highest BCUT2D eigenvalue weighted by atomic mass is 35.5. The SMILES string of the molecule is COc1ccc(N2CCN(C(=O)/C(C#N)=C/c3ccc(Cl)cc3Cl)CC2)cc1. The molecule has 7 heteroatoms. The molecule has 0 spiro atoms. The van der Waals surface area contributed by atoms with Gasteiger partial charge in [0.15, 0.2) is 0 Å². The third-order valence-electron chi connectivity index (χ3n) is 4.62. The van der Waals surface area contributed by atoms with Crippen LogP contribution < -0.4 is 9.64 Å². The summed E-state index contributed by atoms with van der Waals surface area (Å²) in [6.07, 6.45) is 1.51. The van der Waals surface area contributed by atoms with Gasteiger partial charge in [0.1, 0.15) is 17.4 Å². The van der Waals surface area contributed by atoms with Crippen molar-refractivity contribution < 1.29 is 9.53 Å². The monoisotopic (exact) mass is 415 g/mol. The van der Waals surface area contributed by atoms with E-state index < -0.39 is 0 Å². The average Bonchev–Trinajstić information content (AvgIpc) is 2.73. The number of carbonyl (C=O) groups excluding carboxylic acids is 1. The molecular weight excluding hydrogens is 397 g/mol. The van der Waals surface area contributed by atoms with Crippen LogP contribution in [0.2, 0.25) is 10.0 Å². The van der Waals surface area contributed by atoms with Gasteiger partial charge < -0.3 is 14.5 Å². The van der Waals surface area contributed by atoms with E-state index in [2.05, 4.69) is 4.90 Å². The molecule has 0 atom stereocenters. The third kappa shape index (κ3) is 4.59. The Hall–Kier alpha value is -2.68. The minimum Gasteiger partial charge on any atom is -0.497 e. The summed E-state index contributed by atoms with van der Waals surface area (Å²) < 4.78 is 5.18. The number of amides is 1. The Labute approximate surface area is 174 Å². The number of piperazine rings is 1. The number of halogens is 2. The summed E-state index contributed by atoms with van der Waals surface area (Å²) in [5.41, 5.74) is 1.73. The number of hydrogen-bond acceptors (Lipinski definition) is 4. The van der Waals surface area contributed by atoms with Crippen molar-refractivity contribution in [3.8, 4) is 11.8 Å². The molecule has 1 heterocycles. The molecule has 1 aliphatic heterocycles. The van der Waals surface area contributed by atoms with E-state index in [1.54, 1.807) is 30.2 Å². The smallest absolute Gasteiger partial charge is 0.264 e. The van der Waals surface area contributed by atoms with Crippen molar-refractivity contribution >= 4 is 40.9 Å². The fourth-order valence-electron chi connectivity index (χ4n) is 3.05. The van der Waals surface area contributed by atoms with E-state index in [-0.39, 0.29) is 11.5 Å². The summed E-state index contributed by atoms with van der Waals surface area (Å²) in [5, 5.41) is 10.4. The fraction of sp³-hybridized carbons (Fsp3) is 0.238. The summed E-state index contributed by atoms with van der Waals surface area (Å²) in [4.78, 5) is 16.7. The van der Waals surface area contributed by atoms with Gasteiger partial charge in [-0.25, -0.2) is 0 Å². The molecule has 0 saturated carbocycles. The molecular formula is C21H19Cl2N3O2. The van der Waals surface area contributed by atoms with Crippen LogP contribution in [0.5, 0.6) is 5.75 Å². The highest BCUT2D eigenvalue weighted by Gasteiger charge is 2.24. The van der Waals surface area contributed by atoms with E-state index >= 15 is 0 Å². The fourth-order valence-corrected chi connectivity index (χ4v) is 3.51. The first-order valence-electron chi connectivity index (χ1n) is 8.77. The van der Waals surface area contributed by atoms with Gasteiger partial charge in [0.25, 0.3) is 5.91 Å². The lowest BCUT2D eigenvalue weighted by Crippen LogP contribution is -2.49. The maximum Gasteiger partial charge on any atom is 0.264 e. The van der Waals surface area contributed by atoms with Crippen LogP contribution in [0, 0.1) is 11.3 Å². The van der Waals surface area contributed by atoms with Gasteiger partial charge in [-0.15, -0.1) is 0 Å². The molecule has 28 heavy (non-hydrogen) atoms. The zero-order valence-electron chi connectivity index (χ0n) is 15.4. The Balaban J connectivity index is 1.67. The van der Waals surface area contributed by atoms with Gasteiger partial charge >= 0.3 is 0 Å². The van der Waals surface area contributed by atoms with Gasteiger partial charge in [0.2, 0.25) is 0 Å². The van der Waals surface area contributed by atoms with Crippen LogP contribution in [0.3, 0.4) is 0 Å². The lowest BCUT2D eigenvalue weighted by atomic mass is 10.1. The Bertz CT molecular complexity index is 928. The lowest BCUT2D eigenvalue weighted by Gasteiger charge is -2.36. The molecule has 2 aromatic rings. The predicted octanol–water partition coefficient (Wildman–Crippen LogP) is 4.26. The maximum atomic E-state index is 12.8. The Morgan fingerprint density at radius 3 is 2.36 bits per heavy atom. The molecule has 144 valence electrons. The number of nitrogens with zero attached hydrogens (tertiary/aromatic N) is 3. The number of rotatable bonds is 4. The van der Waals surface area contributed by atoms with Gasteiger partial charge in [-0.3, -0.25) is 4.79 Å². The largest absolute Gasteiger partial charge is 0.497 e. The van der Waals surface area contributed by atoms with Crippen molar-refractivity contribution in [1.29, 1.82) is 5.26 Å². The summed E-state index contributed by atoms with van der Waals surface area (Å²) in [6, 6.07) is 14.8. The van der Waals surface area contributed by atoms with E-state index in [1.807, 2.05) is 30.3 Å². The Morgan fingerprint density at radius 1 is 1.11 bits per heavy atom. The second-order valence-electron chi connectivity index (χ2n) is 6.31. The van der Waals surface area contributed by atoms with Crippen LogP contribution in [0.1, 0.15) is 5.56 Å². The molecule has 1 amide bonds. The first-order chi connectivity index (χ1) is 13.5. The topological polar surface area (TPSA) is 56.6 Å². The van der Waals surface area contributed by atoms with Gasteiger partial charge in [-0.2, -0.15) is 5.26 Å². The molecule has 1 saturated heterocycles. The Morgan fingerprint density at radius 2 is 1.79 bits per heavy atom. The highest BCUT2D eigenvalue weighted by molar-refractivity contribution is 6.35. The normalized spacial score (nSPS) is 14.6. The number of carbonyl (C=O) groups is 1. The van der Waals surface area contributed by atoms with Crippen LogP contribution in [-0.4, -0.2) is 44.1 Å². The first kappa shape index (κ1) is 20.1. The van der Waals surface area contributed by atoms with Crippen molar-refractivity contribution in [3.05, 3.63) is 63.6 Å². The van der Waals surface area contributed by atoms with Crippen LogP contribution in [0.4, 0.5) is 5.69 Å². The van der Waals surface area contributed by atoms with E-state index in [0.29, 0.717) is 41.8 Å². The Kier molecular flexibility index (Phi) is 6.45. The summed E-state index contributed by atoms with van der Waals surface area (Å²) in [7, 11) is 1.64. The molecule has 0 N–H and O–H groups in total. The third-order valence-corrected chi connectivity index (χ3v) is 5.18. The molecule has 1 fully saturated rings. The van der Waals surface area contributed by atoms with Gasteiger partial charge in [-0.05, 0) is 48.0 Å². The highest BCUT2D eigenvalue weighted by Crippen LogP contribution is 2.24. The van der Waals surface area contributed by atoms with Crippen molar-refractivity contribution in [2.75, 3.05) is 38.2 Å².